The minimum Gasteiger partial charge on any atom is -0.454 e. The number of hydrogen-bond acceptors (Lipinski definition) is 6. The molecule has 0 unspecified atom stereocenters. The van der Waals surface area contributed by atoms with Crippen molar-refractivity contribution in [3.63, 3.8) is 0 Å². The summed E-state index contributed by atoms with van der Waals surface area (Å²) >= 11 is 0. The minimum absolute atomic E-state index is 0.0127. The molecule has 164 valence electrons. The van der Waals surface area contributed by atoms with Crippen LogP contribution in [0.15, 0.2) is 54.9 Å². The lowest BCUT2D eigenvalue weighted by Gasteiger charge is -2.32. The number of ether oxygens (including phenoxy) is 2. The number of carbonyl (C=O) groups is 1. The Bertz CT molecular complexity index is 1110. The summed E-state index contributed by atoms with van der Waals surface area (Å²) in [6.07, 6.45) is 3.22. The van der Waals surface area contributed by atoms with Gasteiger partial charge in [0.05, 0.1) is 5.69 Å². The zero-order valence-electron chi connectivity index (χ0n) is 18.1. The number of rotatable bonds is 5. The van der Waals surface area contributed by atoms with Gasteiger partial charge < -0.3 is 19.7 Å². The van der Waals surface area contributed by atoms with E-state index in [4.69, 9.17) is 9.47 Å². The van der Waals surface area contributed by atoms with E-state index < -0.39 is 0 Å². The third kappa shape index (κ3) is 4.37. The third-order valence-electron chi connectivity index (χ3n) is 6.09. The zero-order chi connectivity index (χ0) is 21.9. The van der Waals surface area contributed by atoms with Gasteiger partial charge in [-0.1, -0.05) is 35.9 Å². The Kier molecular flexibility index (Phi) is 5.62. The molecule has 3 heterocycles. The van der Waals surface area contributed by atoms with Crippen molar-refractivity contribution >= 4 is 11.7 Å². The van der Waals surface area contributed by atoms with E-state index in [1.165, 1.54) is 5.56 Å². The first-order chi connectivity index (χ1) is 15.7. The molecule has 0 spiro atoms. The molecule has 1 N–H and O–H groups in total. The van der Waals surface area contributed by atoms with Crippen LogP contribution in [0.25, 0.3) is 11.3 Å². The Morgan fingerprint density at radius 2 is 1.81 bits per heavy atom. The van der Waals surface area contributed by atoms with Crippen LogP contribution in [0, 0.1) is 12.8 Å². The van der Waals surface area contributed by atoms with Gasteiger partial charge in [-0.2, -0.15) is 0 Å². The Morgan fingerprint density at radius 1 is 1.03 bits per heavy atom. The van der Waals surface area contributed by atoms with Gasteiger partial charge in [-0.05, 0) is 37.5 Å². The molecule has 1 saturated heterocycles. The van der Waals surface area contributed by atoms with Crippen molar-refractivity contribution in [1.29, 1.82) is 0 Å². The van der Waals surface area contributed by atoms with Crippen molar-refractivity contribution in [2.24, 2.45) is 5.92 Å². The molecule has 1 aromatic heterocycles. The topological polar surface area (TPSA) is 76.6 Å². The fourth-order valence-electron chi connectivity index (χ4n) is 4.16. The van der Waals surface area contributed by atoms with Gasteiger partial charge in [-0.3, -0.25) is 4.79 Å². The van der Waals surface area contributed by atoms with Crippen LogP contribution in [-0.2, 0) is 11.3 Å². The predicted octanol–water partition coefficient (Wildman–Crippen LogP) is 3.71. The summed E-state index contributed by atoms with van der Waals surface area (Å²) in [5, 5.41) is 3.07. The number of benzene rings is 2. The van der Waals surface area contributed by atoms with Gasteiger partial charge in [0.2, 0.25) is 12.7 Å². The van der Waals surface area contributed by atoms with Gasteiger partial charge in [-0.15, -0.1) is 0 Å². The number of amides is 1. The summed E-state index contributed by atoms with van der Waals surface area (Å²) in [4.78, 5) is 23.8. The summed E-state index contributed by atoms with van der Waals surface area (Å²) in [6, 6.07) is 16.1. The maximum absolute atomic E-state index is 12.7. The molecule has 0 radical (unpaired) electrons. The molecule has 0 bridgehead atoms. The van der Waals surface area contributed by atoms with Crippen molar-refractivity contribution in [3.8, 4) is 22.8 Å². The van der Waals surface area contributed by atoms with Gasteiger partial charge in [0.1, 0.15) is 12.1 Å². The van der Waals surface area contributed by atoms with E-state index in [1.54, 1.807) is 6.33 Å². The van der Waals surface area contributed by atoms with Crippen LogP contribution >= 0.6 is 0 Å². The number of carbonyl (C=O) groups excluding carboxylic acids is 1. The van der Waals surface area contributed by atoms with Gasteiger partial charge in [0.25, 0.3) is 0 Å². The number of aromatic nitrogens is 2. The summed E-state index contributed by atoms with van der Waals surface area (Å²) in [5.74, 6) is 2.52. The molecule has 1 fully saturated rings. The van der Waals surface area contributed by atoms with Crippen molar-refractivity contribution in [3.05, 3.63) is 66.0 Å². The van der Waals surface area contributed by atoms with E-state index in [0.717, 1.165) is 60.1 Å². The zero-order valence-corrected chi connectivity index (χ0v) is 18.1. The van der Waals surface area contributed by atoms with E-state index in [0.29, 0.717) is 6.54 Å². The van der Waals surface area contributed by atoms with E-state index in [2.05, 4.69) is 51.4 Å². The number of hydrogen-bond donors (Lipinski definition) is 1. The third-order valence-corrected chi connectivity index (χ3v) is 6.09. The summed E-state index contributed by atoms with van der Waals surface area (Å²) < 4.78 is 10.7. The number of nitrogens with zero attached hydrogens (tertiary/aromatic N) is 3. The molecular weight excluding hydrogens is 404 g/mol. The monoisotopic (exact) mass is 430 g/mol. The van der Waals surface area contributed by atoms with Gasteiger partial charge in [0.15, 0.2) is 11.5 Å². The molecular formula is C25H26N4O3. The van der Waals surface area contributed by atoms with Crippen LogP contribution in [0.2, 0.25) is 0 Å². The fraction of sp³-hybridized carbons (Fsp3) is 0.320. The van der Waals surface area contributed by atoms with Crippen LogP contribution < -0.4 is 19.7 Å². The van der Waals surface area contributed by atoms with Crippen LogP contribution in [0.4, 0.5) is 5.82 Å². The van der Waals surface area contributed by atoms with Crippen molar-refractivity contribution in [2.45, 2.75) is 26.3 Å². The highest BCUT2D eigenvalue weighted by molar-refractivity contribution is 5.79. The smallest absolute Gasteiger partial charge is 0.231 e. The van der Waals surface area contributed by atoms with Crippen LogP contribution in [0.1, 0.15) is 24.0 Å². The SMILES string of the molecule is Cc1ccc(-c2cc(N3CCC(C(=O)NCc4ccc5c(c4)OCO5)CC3)ncn2)cc1. The van der Waals surface area contributed by atoms with Gasteiger partial charge in [0, 0.05) is 37.2 Å². The Labute approximate surface area is 187 Å². The molecule has 5 rings (SSSR count). The quantitative estimate of drug-likeness (QED) is 0.665. The van der Waals surface area contributed by atoms with E-state index in [-0.39, 0.29) is 18.6 Å². The number of piperidine rings is 1. The molecule has 7 heteroatoms. The summed E-state index contributed by atoms with van der Waals surface area (Å²) in [6.45, 7) is 4.41. The maximum Gasteiger partial charge on any atom is 0.231 e. The molecule has 2 aromatic carbocycles. The van der Waals surface area contributed by atoms with Crippen LogP contribution in [0.3, 0.4) is 0 Å². The summed E-state index contributed by atoms with van der Waals surface area (Å²) in [5.41, 5.74) is 4.22. The molecule has 0 saturated carbocycles. The van der Waals surface area contributed by atoms with Crippen molar-refractivity contribution in [2.75, 3.05) is 24.8 Å². The van der Waals surface area contributed by atoms with Crippen LogP contribution in [-0.4, -0.2) is 35.8 Å². The molecule has 3 aromatic rings. The highest BCUT2D eigenvalue weighted by Gasteiger charge is 2.26. The van der Waals surface area contributed by atoms with Gasteiger partial charge >= 0.3 is 0 Å². The predicted molar refractivity (Wildman–Crippen MR) is 122 cm³/mol. The fourth-order valence-corrected chi connectivity index (χ4v) is 4.16. The molecule has 0 atom stereocenters. The van der Waals surface area contributed by atoms with Crippen molar-refractivity contribution < 1.29 is 14.3 Å². The Balaban J connectivity index is 1.16. The number of fused-ring (bicyclic) bond motifs is 1. The largest absolute Gasteiger partial charge is 0.454 e. The molecule has 1 amide bonds. The molecule has 7 nitrogen and oxygen atoms in total. The van der Waals surface area contributed by atoms with Crippen molar-refractivity contribution in [1.82, 2.24) is 15.3 Å². The Hall–Kier alpha value is -3.61. The number of anilines is 1. The molecule has 2 aliphatic heterocycles. The maximum atomic E-state index is 12.7. The summed E-state index contributed by atoms with van der Waals surface area (Å²) in [7, 11) is 0. The minimum atomic E-state index is 0.0127. The van der Waals surface area contributed by atoms with Gasteiger partial charge in [-0.25, -0.2) is 9.97 Å². The van der Waals surface area contributed by atoms with E-state index in [9.17, 15) is 4.79 Å². The first kappa shape index (κ1) is 20.3. The number of aryl methyl sites for hydroxylation is 1. The highest BCUT2D eigenvalue weighted by Crippen LogP contribution is 2.32. The lowest BCUT2D eigenvalue weighted by atomic mass is 9.95. The first-order valence-electron chi connectivity index (χ1n) is 11.0. The van der Waals surface area contributed by atoms with E-state index in [1.807, 2.05) is 24.3 Å². The standard InChI is InChI=1S/C25H26N4O3/c1-17-2-5-19(6-3-17)21-13-24(28-15-27-21)29-10-8-20(9-11-29)25(30)26-14-18-4-7-22-23(12-18)32-16-31-22/h2-7,12-13,15,20H,8-11,14,16H2,1H3,(H,26,30). The lowest BCUT2D eigenvalue weighted by Crippen LogP contribution is -2.40. The average molecular weight is 431 g/mol. The van der Waals surface area contributed by atoms with E-state index >= 15 is 0 Å². The first-order valence-corrected chi connectivity index (χ1v) is 11.0. The second-order valence-electron chi connectivity index (χ2n) is 8.29. The highest BCUT2D eigenvalue weighted by atomic mass is 16.7. The Morgan fingerprint density at radius 3 is 2.62 bits per heavy atom. The number of nitrogens with one attached hydrogen (secondary N) is 1. The normalized spacial score (nSPS) is 15.6. The molecule has 32 heavy (non-hydrogen) atoms. The molecule has 2 aliphatic rings. The molecule has 0 aliphatic carbocycles. The second kappa shape index (κ2) is 8.86. The lowest BCUT2D eigenvalue weighted by molar-refractivity contribution is -0.125. The van der Waals surface area contributed by atoms with Crippen LogP contribution in [0.5, 0.6) is 11.5 Å². The average Bonchev–Trinajstić information content (AvgIpc) is 3.31. The second-order valence-corrected chi connectivity index (χ2v) is 8.29.